The number of hydrogen-bond acceptors (Lipinski definition) is 4. The van der Waals surface area contributed by atoms with Gasteiger partial charge in [0.25, 0.3) is 0 Å². The summed E-state index contributed by atoms with van der Waals surface area (Å²) in [7, 11) is 5.83. The molecule has 0 amide bonds. The van der Waals surface area contributed by atoms with Gasteiger partial charge in [0.1, 0.15) is 5.75 Å². The van der Waals surface area contributed by atoms with Crippen molar-refractivity contribution in [3.05, 3.63) is 131 Å². The maximum Gasteiger partial charge on any atom is 0.125 e. The molecule has 180 valence electrons. The van der Waals surface area contributed by atoms with Crippen molar-refractivity contribution in [1.29, 1.82) is 0 Å². The quantitative estimate of drug-likeness (QED) is 0.193. The van der Waals surface area contributed by atoms with Gasteiger partial charge in [-0.25, -0.2) is 0 Å². The Labute approximate surface area is 214 Å². The van der Waals surface area contributed by atoms with Gasteiger partial charge in [-0.3, -0.25) is 0 Å². The zero-order valence-corrected chi connectivity index (χ0v) is 21.6. The first-order valence-electron chi connectivity index (χ1n) is 12.0. The highest BCUT2D eigenvalue weighted by Crippen LogP contribution is 2.48. The summed E-state index contributed by atoms with van der Waals surface area (Å²) in [6.45, 7) is 1.66. The molecule has 4 aromatic carbocycles. The lowest BCUT2D eigenvalue weighted by Crippen LogP contribution is -2.28. The van der Waals surface area contributed by atoms with E-state index in [-0.39, 0.29) is 4.75 Å². The van der Waals surface area contributed by atoms with Crippen LogP contribution in [0.2, 0.25) is 0 Å². The molecule has 0 bridgehead atoms. The lowest BCUT2D eigenvalue weighted by Gasteiger charge is -2.35. The fourth-order valence-corrected chi connectivity index (χ4v) is 5.89. The fourth-order valence-electron chi connectivity index (χ4n) is 4.43. The van der Waals surface area contributed by atoms with E-state index in [1.165, 1.54) is 22.3 Å². The van der Waals surface area contributed by atoms with E-state index in [2.05, 4.69) is 119 Å². The maximum absolute atomic E-state index is 5.65. The van der Waals surface area contributed by atoms with Crippen LogP contribution >= 0.6 is 11.8 Å². The van der Waals surface area contributed by atoms with Crippen LogP contribution in [0.4, 0.5) is 5.69 Å². The minimum Gasteiger partial charge on any atom is -0.496 e. The molecule has 0 atom stereocenters. The smallest absolute Gasteiger partial charge is 0.125 e. The summed E-state index contributed by atoms with van der Waals surface area (Å²) in [4.78, 5) is 2.09. The number of nitrogens with one attached hydrogen (secondary N) is 1. The third-order valence-electron chi connectivity index (χ3n) is 6.24. The molecule has 0 fully saturated rings. The van der Waals surface area contributed by atoms with E-state index in [1.54, 1.807) is 7.11 Å². The fraction of sp³-hybridized carbons (Fsp3) is 0.226. The number of methoxy groups -OCH3 is 1. The lowest BCUT2D eigenvalue weighted by molar-refractivity contribution is 0.408. The normalized spacial score (nSPS) is 11.3. The SMILES string of the molecule is COc1cc(N(C)C)ccc1CNCCSC(c1ccccc1)(c1ccccc1)c1ccccc1. The molecule has 0 aliphatic rings. The Morgan fingerprint density at radius 2 is 1.26 bits per heavy atom. The molecule has 0 saturated heterocycles. The van der Waals surface area contributed by atoms with E-state index in [0.29, 0.717) is 0 Å². The summed E-state index contributed by atoms with van der Waals surface area (Å²) in [5, 5.41) is 3.64. The Bertz CT molecular complexity index is 1080. The van der Waals surface area contributed by atoms with E-state index in [0.717, 1.165) is 30.3 Å². The third kappa shape index (κ3) is 5.72. The largest absolute Gasteiger partial charge is 0.496 e. The van der Waals surface area contributed by atoms with Crippen LogP contribution in [0.15, 0.2) is 109 Å². The van der Waals surface area contributed by atoms with Crippen LogP contribution in [0, 0.1) is 0 Å². The van der Waals surface area contributed by atoms with Gasteiger partial charge in [-0.05, 0) is 22.8 Å². The Balaban J connectivity index is 1.54. The van der Waals surface area contributed by atoms with Gasteiger partial charge in [-0.15, -0.1) is 11.8 Å². The molecular formula is C31H34N2OS. The third-order valence-corrected chi connectivity index (χ3v) is 7.79. The summed E-state index contributed by atoms with van der Waals surface area (Å²) in [6, 6.07) is 39.0. The standard InChI is InChI=1S/C31H34N2OS/c1-33(2)29-20-19-25(30(23-29)34-3)24-32-21-22-35-31(26-13-7-4-8-14-26,27-15-9-5-10-16-27)28-17-11-6-12-18-28/h4-20,23,32H,21-22,24H2,1-3H3. The number of ether oxygens (including phenoxy) is 1. The number of benzene rings is 4. The van der Waals surface area contributed by atoms with E-state index >= 15 is 0 Å². The average Bonchev–Trinajstić information content (AvgIpc) is 2.92. The van der Waals surface area contributed by atoms with E-state index < -0.39 is 0 Å². The molecule has 0 saturated carbocycles. The summed E-state index contributed by atoms with van der Waals surface area (Å²) < 4.78 is 5.37. The first-order chi connectivity index (χ1) is 17.1. The first kappa shape index (κ1) is 24.9. The van der Waals surface area contributed by atoms with Gasteiger partial charge in [0.15, 0.2) is 0 Å². The molecule has 0 spiro atoms. The lowest BCUT2D eigenvalue weighted by atomic mass is 9.84. The summed E-state index contributed by atoms with van der Waals surface area (Å²) in [6.07, 6.45) is 0. The highest BCUT2D eigenvalue weighted by atomic mass is 32.2. The molecular weight excluding hydrogens is 448 g/mol. The van der Waals surface area contributed by atoms with Gasteiger partial charge in [0, 0.05) is 50.3 Å². The van der Waals surface area contributed by atoms with Gasteiger partial charge in [-0.2, -0.15) is 0 Å². The molecule has 4 rings (SSSR count). The first-order valence-corrected chi connectivity index (χ1v) is 13.0. The van der Waals surface area contributed by atoms with Crippen molar-refractivity contribution in [2.75, 3.05) is 38.4 Å². The minimum atomic E-state index is -0.281. The van der Waals surface area contributed by atoms with Crippen molar-refractivity contribution in [3.8, 4) is 5.75 Å². The number of rotatable bonds is 11. The van der Waals surface area contributed by atoms with Crippen LogP contribution in [-0.2, 0) is 11.3 Å². The monoisotopic (exact) mass is 482 g/mol. The summed E-state index contributed by atoms with van der Waals surface area (Å²) in [5.74, 6) is 1.88. The molecule has 0 aliphatic carbocycles. The number of thioether (sulfide) groups is 1. The van der Waals surface area contributed by atoms with Crippen LogP contribution in [0.3, 0.4) is 0 Å². The predicted molar refractivity (Wildman–Crippen MR) is 151 cm³/mol. The number of anilines is 1. The number of nitrogens with zero attached hydrogens (tertiary/aromatic N) is 1. The molecule has 35 heavy (non-hydrogen) atoms. The second-order valence-electron chi connectivity index (χ2n) is 8.70. The van der Waals surface area contributed by atoms with Crippen molar-refractivity contribution < 1.29 is 4.74 Å². The van der Waals surface area contributed by atoms with Crippen LogP contribution < -0.4 is 15.0 Å². The van der Waals surface area contributed by atoms with Gasteiger partial charge >= 0.3 is 0 Å². The molecule has 4 aromatic rings. The van der Waals surface area contributed by atoms with Crippen molar-refractivity contribution >= 4 is 17.4 Å². The molecule has 1 N–H and O–H groups in total. The van der Waals surface area contributed by atoms with Crippen LogP contribution in [0.5, 0.6) is 5.75 Å². The molecule has 0 aromatic heterocycles. The highest BCUT2D eigenvalue weighted by molar-refractivity contribution is 8.00. The van der Waals surface area contributed by atoms with E-state index in [1.807, 2.05) is 25.9 Å². The van der Waals surface area contributed by atoms with E-state index in [9.17, 15) is 0 Å². The molecule has 0 heterocycles. The van der Waals surface area contributed by atoms with Crippen molar-refractivity contribution in [3.63, 3.8) is 0 Å². The van der Waals surface area contributed by atoms with Gasteiger partial charge in [0.05, 0.1) is 11.9 Å². The maximum atomic E-state index is 5.65. The van der Waals surface area contributed by atoms with Gasteiger partial charge < -0.3 is 15.0 Å². The average molecular weight is 483 g/mol. The van der Waals surface area contributed by atoms with Crippen molar-refractivity contribution in [2.24, 2.45) is 0 Å². The molecule has 3 nitrogen and oxygen atoms in total. The second-order valence-corrected chi connectivity index (χ2v) is 10.0. The van der Waals surface area contributed by atoms with Crippen LogP contribution in [-0.4, -0.2) is 33.5 Å². The van der Waals surface area contributed by atoms with Gasteiger partial charge in [-0.1, -0.05) is 97.1 Å². The second kappa shape index (κ2) is 12.0. The minimum absolute atomic E-state index is 0.281. The Hall–Kier alpha value is -3.21. The Morgan fingerprint density at radius 1 is 0.743 bits per heavy atom. The Morgan fingerprint density at radius 3 is 1.71 bits per heavy atom. The van der Waals surface area contributed by atoms with Crippen molar-refractivity contribution in [1.82, 2.24) is 5.32 Å². The molecule has 0 unspecified atom stereocenters. The zero-order chi connectivity index (χ0) is 24.5. The number of hydrogen-bond donors (Lipinski definition) is 1. The highest BCUT2D eigenvalue weighted by Gasteiger charge is 2.36. The summed E-state index contributed by atoms with van der Waals surface area (Å²) >= 11 is 1.98. The van der Waals surface area contributed by atoms with E-state index in [4.69, 9.17) is 4.74 Å². The zero-order valence-electron chi connectivity index (χ0n) is 20.8. The molecule has 4 heteroatoms. The summed E-state index contributed by atoms with van der Waals surface area (Å²) in [5.41, 5.74) is 6.19. The Kier molecular flexibility index (Phi) is 8.51. The van der Waals surface area contributed by atoms with Gasteiger partial charge in [0.2, 0.25) is 0 Å². The molecule has 0 aliphatic heterocycles. The molecule has 0 radical (unpaired) electrons. The van der Waals surface area contributed by atoms with Crippen molar-refractivity contribution in [2.45, 2.75) is 11.3 Å². The predicted octanol–water partition coefficient (Wildman–Crippen LogP) is 6.58. The topological polar surface area (TPSA) is 24.5 Å². The van der Waals surface area contributed by atoms with Crippen LogP contribution in [0.25, 0.3) is 0 Å². The van der Waals surface area contributed by atoms with Crippen LogP contribution in [0.1, 0.15) is 22.3 Å².